The highest BCUT2D eigenvalue weighted by Crippen LogP contribution is 2.20. The third-order valence-electron chi connectivity index (χ3n) is 3.83. The molecule has 3 nitrogen and oxygen atoms in total. The highest BCUT2D eigenvalue weighted by atomic mass is 79.9. The Labute approximate surface area is 127 Å². The van der Waals surface area contributed by atoms with Gasteiger partial charge in [-0.1, -0.05) is 29.8 Å². The molecule has 2 rings (SSSR count). The summed E-state index contributed by atoms with van der Waals surface area (Å²) < 4.78 is 14.1. The average Bonchev–Trinajstić information content (AvgIpc) is 2.44. The van der Waals surface area contributed by atoms with Crippen molar-refractivity contribution in [2.24, 2.45) is 0 Å². The zero-order chi connectivity index (χ0) is 14.7. The molecule has 1 aromatic rings. The molecule has 0 spiro atoms. The minimum Gasteiger partial charge on any atom is -0.333 e. The summed E-state index contributed by atoms with van der Waals surface area (Å²) in [6, 6.07) is 4.84. The summed E-state index contributed by atoms with van der Waals surface area (Å²) in [6.07, 6.45) is 1.87. The van der Waals surface area contributed by atoms with Crippen molar-refractivity contribution >= 4 is 21.8 Å². The van der Waals surface area contributed by atoms with Gasteiger partial charge >= 0.3 is 0 Å². The van der Waals surface area contributed by atoms with Gasteiger partial charge in [-0.25, -0.2) is 4.39 Å². The Kier molecular flexibility index (Phi) is 5.16. The predicted molar refractivity (Wildman–Crippen MR) is 81.3 cm³/mol. The number of amides is 1. The maximum Gasteiger partial charge on any atom is 0.254 e. The van der Waals surface area contributed by atoms with E-state index in [-0.39, 0.29) is 11.9 Å². The molecule has 5 heteroatoms. The van der Waals surface area contributed by atoms with E-state index >= 15 is 0 Å². The zero-order valence-electron chi connectivity index (χ0n) is 11.8. The van der Waals surface area contributed by atoms with E-state index in [1.807, 2.05) is 4.90 Å². The van der Waals surface area contributed by atoms with Crippen molar-refractivity contribution in [3.05, 3.63) is 34.1 Å². The largest absolute Gasteiger partial charge is 0.333 e. The minimum absolute atomic E-state index is 0.0861. The van der Waals surface area contributed by atoms with Gasteiger partial charge in [0.05, 0.1) is 0 Å². The first-order valence-corrected chi connectivity index (χ1v) is 7.84. The van der Waals surface area contributed by atoms with Crippen LogP contribution < -0.4 is 5.32 Å². The third-order valence-corrected chi connectivity index (χ3v) is 4.29. The standard InChI is InChI=1S/C15H20BrFN2O/c1-3-13-9-19(14(4-2)8-18-13)15(20)10-5-11(16)7-12(17)6-10/h5-7,13-14,18H,3-4,8-9H2,1-2H3. The van der Waals surface area contributed by atoms with Crippen LogP contribution in [0.1, 0.15) is 37.0 Å². The lowest BCUT2D eigenvalue weighted by atomic mass is 10.0. The van der Waals surface area contributed by atoms with Gasteiger partial charge in [-0.2, -0.15) is 0 Å². The van der Waals surface area contributed by atoms with Crippen LogP contribution in [-0.4, -0.2) is 36.0 Å². The molecule has 0 bridgehead atoms. The van der Waals surface area contributed by atoms with Crippen molar-refractivity contribution in [1.29, 1.82) is 0 Å². The lowest BCUT2D eigenvalue weighted by Crippen LogP contribution is -2.57. The van der Waals surface area contributed by atoms with Crippen molar-refractivity contribution in [3.8, 4) is 0 Å². The van der Waals surface area contributed by atoms with E-state index in [1.165, 1.54) is 12.1 Å². The molecule has 1 saturated heterocycles. The third kappa shape index (κ3) is 3.38. The van der Waals surface area contributed by atoms with Gasteiger partial charge in [-0.05, 0) is 31.0 Å². The molecule has 2 unspecified atom stereocenters. The van der Waals surface area contributed by atoms with Gasteiger partial charge in [0, 0.05) is 35.2 Å². The van der Waals surface area contributed by atoms with E-state index < -0.39 is 5.82 Å². The van der Waals surface area contributed by atoms with Crippen LogP contribution in [0.2, 0.25) is 0 Å². The van der Waals surface area contributed by atoms with Crippen LogP contribution in [-0.2, 0) is 0 Å². The van der Waals surface area contributed by atoms with Crippen LogP contribution in [0.5, 0.6) is 0 Å². The number of halogens is 2. The Balaban J connectivity index is 2.24. The number of carbonyl (C=O) groups excluding carboxylic acids is 1. The normalized spacial score (nSPS) is 22.9. The molecule has 0 aliphatic carbocycles. The molecule has 0 radical (unpaired) electrons. The molecule has 1 aliphatic heterocycles. The number of nitrogens with one attached hydrogen (secondary N) is 1. The van der Waals surface area contributed by atoms with Crippen LogP contribution in [0.15, 0.2) is 22.7 Å². The summed E-state index contributed by atoms with van der Waals surface area (Å²) in [5, 5.41) is 3.45. The quantitative estimate of drug-likeness (QED) is 0.914. The van der Waals surface area contributed by atoms with E-state index in [9.17, 15) is 9.18 Å². The molecule has 1 aliphatic rings. The number of nitrogens with zero attached hydrogens (tertiary/aromatic N) is 1. The van der Waals surface area contributed by atoms with Gasteiger partial charge in [0.15, 0.2) is 0 Å². The molecule has 110 valence electrons. The summed E-state index contributed by atoms with van der Waals surface area (Å²) in [5.41, 5.74) is 0.409. The number of piperazine rings is 1. The second-order valence-corrected chi connectivity index (χ2v) is 6.11. The van der Waals surface area contributed by atoms with Gasteiger partial charge in [-0.3, -0.25) is 4.79 Å². The maximum absolute atomic E-state index is 13.5. The number of benzene rings is 1. The Morgan fingerprint density at radius 1 is 1.40 bits per heavy atom. The summed E-state index contributed by atoms with van der Waals surface area (Å²) in [4.78, 5) is 14.5. The second kappa shape index (κ2) is 6.68. The topological polar surface area (TPSA) is 32.3 Å². The summed E-state index contributed by atoms with van der Waals surface area (Å²) >= 11 is 3.24. The minimum atomic E-state index is -0.391. The van der Waals surface area contributed by atoms with Crippen LogP contribution >= 0.6 is 15.9 Å². The van der Waals surface area contributed by atoms with E-state index in [4.69, 9.17) is 0 Å². The highest BCUT2D eigenvalue weighted by Gasteiger charge is 2.30. The SMILES string of the molecule is CCC1CN(C(=O)c2cc(F)cc(Br)c2)C(CC)CN1. The van der Waals surface area contributed by atoms with Crippen molar-refractivity contribution < 1.29 is 9.18 Å². The summed E-state index contributed by atoms with van der Waals surface area (Å²) in [5.74, 6) is -0.477. The molecule has 1 heterocycles. The maximum atomic E-state index is 13.5. The Hall–Kier alpha value is -0.940. The van der Waals surface area contributed by atoms with Crippen LogP contribution in [0.4, 0.5) is 4.39 Å². The van der Waals surface area contributed by atoms with Gasteiger partial charge in [0.25, 0.3) is 5.91 Å². The van der Waals surface area contributed by atoms with Gasteiger partial charge < -0.3 is 10.2 Å². The number of hydrogen-bond donors (Lipinski definition) is 1. The molecule has 1 aromatic carbocycles. The summed E-state index contributed by atoms with van der Waals surface area (Å²) in [6.45, 7) is 5.66. The van der Waals surface area contributed by atoms with Crippen molar-refractivity contribution in [1.82, 2.24) is 10.2 Å². The first-order valence-electron chi connectivity index (χ1n) is 7.05. The van der Waals surface area contributed by atoms with Gasteiger partial charge in [0.2, 0.25) is 0 Å². The lowest BCUT2D eigenvalue weighted by Gasteiger charge is -2.40. The fourth-order valence-electron chi connectivity index (χ4n) is 2.59. The van der Waals surface area contributed by atoms with Gasteiger partial charge in [0.1, 0.15) is 5.82 Å². The highest BCUT2D eigenvalue weighted by molar-refractivity contribution is 9.10. The van der Waals surface area contributed by atoms with E-state index in [1.54, 1.807) is 6.07 Å². The van der Waals surface area contributed by atoms with Crippen molar-refractivity contribution in [3.63, 3.8) is 0 Å². The number of rotatable bonds is 3. The Morgan fingerprint density at radius 2 is 2.15 bits per heavy atom. The molecule has 1 fully saturated rings. The predicted octanol–water partition coefficient (Wildman–Crippen LogP) is 3.19. The first kappa shape index (κ1) is 15.4. The fourth-order valence-corrected chi connectivity index (χ4v) is 3.06. The smallest absolute Gasteiger partial charge is 0.254 e. The van der Waals surface area contributed by atoms with Crippen molar-refractivity contribution in [2.45, 2.75) is 38.8 Å². The molecule has 0 aromatic heterocycles. The fraction of sp³-hybridized carbons (Fsp3) is 0.533. The molecule has 2 atom stereocenters. The monoisotopic (exact) mass is 342 g/mol. The number of carbonyl (C=O) groups is 1. The van der Waals surface area contributed by atoms with E-state index in [0.717, 1.165) is 19.4 Å². The van der Waals surface area contributed by atoms with Crippen molar-refractivity contribution in [2.75, 3.05) is 13.1 Å². The lowest BCUT2D eigenvalue weighted by molar-refractivity contribution is 0.0575. The zero-order valence-corrected chi connectivity index (χ0v) is 13.4. The van der Waals surface area contributed by atoms with E-state index in [2.05, 4.69) is 35.1 Å². The summed E-state index contributed by atoms with van der Waals surface area (Å²) in [7, 11) is 0. The second-order valence-electron chi connectivity index (χ2n) is 5.19. The molecule has 1 N–H and O–H groups in total. The molecule has 20 heavy (non-hydrogen) atoms. The van der Waals surface area contributed by atoms with E-state index in [0.29, 0.717) is 22.6 Å². The van der Waals surface area contributed by atoms with Crippen LogP contribution in [0, 0.1) is 5.82 Å². The molecular weight excluding hydrogens is 323 g/mol. The molecule has 0 saturated carbocycles. The Morgan fingerprint density at radius 3 is 2.75 bits per heavy atom. The van der Waals surface area contributed by atoms with Crippen LogP contribution in [0.3, 0.4) is 0 Å². The Bertz CT molecular complexity index is 475. The average molecular weight is 343 g/mol. The molecular formula is C15H20BrFN2O. The first-order chi connectivity index (χ1) is 9.55. The molecule has 1 amide bonds. The van der Waals surface area contributed by atoms with Crippen LogP contribution in [0.25, 0.3) is 0 Å². The number of hydrogen-bond acceptors (Lipinski definition) is 2. The van der Waals surface area contributed by atoms with Gasteiger partial charge in [-0.15, -0.1) is 0 Å².